The molecule has 0 saturated heterocycles. The predicted molar refractivity (Wildman–Crippen MR) is 88.9 cm³/mol. The Balaban J connectivity index is 2.27. The fraction of sp³-hybridized carbons (Fsp3) is 0.0526. The van der Waals surface area contributed by atoms with Crippen LogP contribution in [0.25, 0.3) is 0 Å². The zero-order chi connectivity index (χ0) is 17.2. The summed E-state index contributed by atoms with van der Waals surface area (Å²) in [5, 5.41) is 20.9. The molecule has 0 radical (unpaired) electrons. The lowest BCUT2D eigenvalue weighted by atomic mass is 9.80. The second kappa shape index (κ2) is 6.40. The SMILES string of the molecule is N#Cc1ccc(C(O)(c2ccc(Cl)cc2)c2cccnc2)c(F)c1. The van der Waals surface area contributed by atoms with Crippen LogP contribution in [0.1, 0.15) is 22.3 Å². The van der Waals surface area contributed by atoms with E-state index in [-0.39, 0.29) is 11.1 Å². The lowest BCUT2D eigenvalue weighted by molar-refractivity contribution is 0.121. The Morgan fingerprint density at radius 2 is 1.83 bits per heavy atom. The van der Waals surface area contributed by atoms with Gasteiger partial charge in [0, 0.05) is 28.5 Å². The summed E-state index contributed by atoms with van der Waals surface area (Å²) in [6.07, 6.45) is 3.05. The number of rotatable bonds is 3. The standard InChI is InChI=1S/C19H12ClFN2O/c20-16-6-4-14(5-7-16)19(24,15-2-1-9-23-12-15)17-8-3-13(11-22)10-18(17)21/h1-10,12,24H. The quantitative estimate of drug-likeness (QED) is 0.784. The molecule has 1 aromatic heterocycles. The van der Waals surface area contributed by atoms with Crippen LogP contribution in [0.2, 0.25) is 5.02 Å². The van der Waals surface area contributed by atoms with Gasteiger partial charge in [-0.15, -0.1) is 0 Å². The number of hydrogen-bond donors (Lipinski definition) is 1. The molecule has 1 unspecified atom stereocenters. The Kier molecular flexibility index (Phi) is 4.30. The minimum Gasteiger partial charge on any atom is -0.376 e. The first kappa shape index (κ1) is 16.1. The van der Waals surface area contributed by atoms with Crippen LogP contribution in [0.4, 0.5) is 4.39 Å². The Bertz CT molecular complexity index is 907. The average Bonchev–Trinajstić information content (AvgIpc) is 2.62. The average molecular weight is 339 g/mol. The molecule has 3 rings (SSSR count). The Morgan fingerprint density at radius 1 is 1.08 bits per heavy atom. The molecule has 5 heteroatoms. The van der Waals surface area contributed by atoms with Crippen molar-refractivity contribution in [3.63, 3.8) is 0 Å². The normalized spacial score (nSPS) is 13.1. The van der Waals surface area contributed by atoms with Crippen LogP contribution in [-0.4, -0.2) is 10.1 Å². The monoisotopic (exact) mass is 338 g/mol. The van der Waals surface area contributed by atoms with Crippen LogP contribution < -0.4 is 0 Å². The highest BCUT2D eigenvalue weighted by Gasteiger charge is 2.36. The second-order valence-electron chi connectivity index (χ2n) is 5.27. The number of benzene rings is 2. The van der Waals surface area contributed by atoms with Gasteiger partial charge in [0.05, 0.1) is 11.6 Å². The fourth-order valence-electron chi connectivity index (χ4n) is 2.62. The molecule has 0 fully saturated rings. The van der Waals surface area contributed by atoms with Crippen molar-refractivity contribution in [2.24, 2.45) is 0 Å². The molecule has 24 heavy (non-hydrogen) atoms. The molecule has 3 nitrogen and oxygen atoms in total. The van der Waals surface area contributed by atoms with Gasteiger partial charge in [-0.05, 0) is 35.9 Å². The zero-order valence-electron chi connectivity index (χ0n) is 12.4. The minimum atomic E-state index is -1.75. The predicted octanol–water partition coefficient (Wildman–Crippen LogP) is 4.03. The highest BCUT2D eigenvalue weighted by atomic mass is 35.5. The van der Waals surface area contributed by atoms with Crippen molar-refractivity contribution >= 4 is 11.6 Å². The van der Waals surface area contributed by atoms with Crippen LogP contribution in [0.3, 0.4) is 0 Å². The van der Waals surface area contributed by atoms with E-state index < -0.39 is 11.4 Å². The number of nitriles is 1. The van der Waals surface area contributed by atoms with Gasteiger partial charge in [-0.25, -0.2) is 4.39 Å². The van der Waals surface area contributed by atoms with Gasteiger partial charge in [-0.2, -0.15) is 5.26 Å². The van der Waals surface area contributed by atoms with Crippen molar-refractivity contribution < 1.29 is 9.50 Å². The largest absolute Gasteiger partial charge is 0.376 e. The molecule has 1 N–H and O–H groups in total. The summed E-state index contributed by atoms with van der Waals surface area (Å²) < 4.78 is 14.6. The molecule has 1 heterocycles. The van der Waals surface area contributed by atoms with E-state index in [0.717, 1.165) is 6.07 Å². The third kappa shape index (κ3) is 2.76. The first-order chi connectivity index (χ1) is 11.6. The summed E-state index contributed by atoms with van der Waals surface area (Å²) in [7, 11) is 0. The molecule has 118 valence electrons. The Hall–Kier alpha value is -2.74. The van der Waals surface area contributed by atoms with Crippen molar-refractivity contribution in [2.45, 2.75) is 5.60 Å². The van der Waals surface area contributed by atoms with E-state index >= 15 is 0 Å². The molecule has 0 aliphatic carbocycles. The van der Waals surface area contributed by atoms with Gasteiger partial charge >= 0.3 is 0 Å². The minimum absolute atomic E-state index is 0.0387. The molecule has 0 amide bonds. The van der Waals surface area contributed by atoms with Gasteiger partial charge in [0.2, 0.25) is 0 Å². The topological polar surface area (TPSA) is 56.9 Å². The number of aromatic nitrogens is 1. The molecule has 2 aromatic carbocycles. The first-order valence-electron chi connectivity index (χ1n) is 7.14. The van der Waals surface area contributed by atoms with Crippen LogP contribution in [0, 0.1) is 17.1 Å². The molecule has 3 aromatic rings. The van der Waals surface area contributed by atoms with Crippen molar-refractivity contribution in [1.82, 2.24) is 4.98 Å². The smallest absolute Gasteiger partial charge is 0.144 e. The maximum Gasteiger partial charge on any atom is 0.144 e. The highest BCUT2D eigenvalue weighted by molar-refractivity contribution is 6.30. The summed E-state index contributed by atoms with van der Waals surface area (Å²) in [6.45, 7) is 0. The third-order valence-corrected chi connectivity index (χ3v) is 4.08. The number of aliphatic hydroxyl groups is 1. The summed E-state index contributed by atoms with van der Waals surface area (Å²) >= 11 is 5.92. The number of hydrogen-bond acceptors (Lipinski definition) is 3. The second-order valence-corrected chi connectivity index (χ2v) is 5.70. The van der Waals surface area contributed by atoms with E-state index in [2.05, 4.69) is 4.98 Å². The van der Waals surface area contributed by atoms with Crippen molar-refractivity contribution in [3.05, 3.63) is 100 Å². The van der Waals surface area contributed by atoms with Crippen LogP contribution >= 0.6 is 11.6 Å². The third-order valence-electron chi connectivity index (χ3n) is 3.83. The zero-order valence-corrected chi connectivity index (χ0v) is 13.2. The van der Waals surface area contributed by atoms with E-state index in [1.807, 2.05) is 6.07 Å². The summed E-state index contributed by atoms with van der Waals surface area (Å²) in [5.74, 6) is -0.671. The molecule has 1 atom stereocenters. The summed E-state index contributed by atoms with van der Waals surface area (Å²) in [6, 6.07) is 15.7. The molecule has 0 spiro atoms. The highest BCUT2D eigenvalue weighted by Crippen LogP contribution is 2.38. The number of pyridine rings is 1. The van der Waals surface area contributed by atoms with E-state index in [9.17, 15) is 9.50 Å². The molecule has 0 aliphatic heterocycles. The van der Waals surface area contributed by atoms with Gasteiger partial charge in [0.25, 0.3) is 0 Å². The van der Waals surface area contributed by atoms with Crippen LogP contribution in [0.15, 0.2) is 67.0 Å². The van der Waals surface area contributed by atoms with E-state index in [1.165, 1.54) is 18.3 Å². The number of halogens is 2. The first-order valence-corrected chi connectivity index (χ1v) is 7.52. The maximum absolute atomic E-state index is 14.6. The maximum atomic E-state index is 14.6. The van der Waals surface area contributed by atoms with E-state index in [0.29, 0.717) is 16.1 Å². The van der Waals surface area contributed by atoms with Gasteiger partial charge < -0.3 is 5.11 Å². The Morgan fingerprint density at radius 3 is 2.42 bits per heavy atom. The van der Waals surface area contributed by atoms with Crippen LogP contribution in [0.5, 0.6) is 0 Å². The molecule has 0 aliphatic rings. The van der Waals surface area contributed by atoms with Gasteiger partial charge in [-0.1, -0.05) is 35.9 Å². The Labute approximate surface area is 143 Å². The summed E-state index contributed by atoms with van der Waals surface area (Å²) in [5.41, 5.74) is -0.672. The van der Waals surface area contributed by atoms with E-state index in [4.69, 9.17) is 16.9 Å². The van der Waals surface area contributed by atoms with Gasteiger partial charge in [-0.3, -0.25) is 4.98 Å². The van der Waals surface area contributed by atoms with E-state index in [1.54, 1.807) is 42.6 Å². The molecule has 0 bridgehead atoms. The van der Waals surface area contributed by atoms with Crippen molar-refractivity contribution in [3.8, 4) is 6.07 Å². The summed E-state index contributed by atoms with van der Waals surface area (Å²) in [4.78, 5) is 4.02. The number of nitrogens with zero attached hydrogens (tertiary/aromatic N) is 2. The van der Waals surface area contributed by atoms with Crippen LogP contribution in [-0.2, 0) is 5.60 Å². The lowest BCUT2D eigenvalue weighted by Gasteiger charge is -2.30. The van der Waals surface area contributed by atoms with Crippen molar-refractivity contribution in [1.29, 1.82) is 5.26 Å². The van der Waals surface area contributed by atoms with Gasteiger partial charge in [0.15, 0.2) is 0 Å². The molecular weight excluding hydrogens is 327 g/mol. The molecule has 0 saturated carbocycles. The van der Waals surface area contributed by atoms with Crippen molar-refractivity contribution in [2.75, 3.05) is 0 Å². The lowest BCUT2D eigenvalue weighted by Crippen LogP contribution is -2.30. The van der Waals surface area contributed by atoms with Gasteiger partial charge in [0.1, 0.15) is 11.4 Å². The fourth-order valence-corrected chi connectivity index (χ4v) is 2.75. The molecular formula is C19H12ClFN2O.